The summed E-state index contributed by atoms with van der Waals surface area (Å²) in [5, 5.41) is 10.4. The number of pyridine rings is 1. The number of nitrogens with one attached hydrogen (secondary N) is 1. The molecule has 2 saturated heterocycles. The minimum Gasteiger partial charge on any atom is -0.351 e. The molecule has 1 amide bonds. The monoisotopic (exact) mass is 249 g/mol. The second-order valence-electron chi connectivity index (χ2n) is 4.74. The van der Waals surface area contributed by atoms with Crippen LogP contribution in [0.5, 0.6) is 0 Å². The number of rotatable bonds is 2. The number of nitrogens with zero attached hydrogens (tertiary/aromatic N) is 3. The van der Waals surface area contributed by atoms with Crippen LogP contribution in [0.1, 0.15) is 16.8 Å². The van der Waals surface area contributed by atoms with Crippen molar-refractivity contribution in [1.82, 2.24) is 15.5 Å². The molecule has 2 atom stereocenters. The van der Waals surface area contributed by atoms with E-state index in [-0.39, 0.29) is 0 Å². The van der Waals surface area contributed by atoms with Gasteiger partial charge in [-0.15, -0.1) is 0 Å². The molecule has 0 radical (unpaired) electrons. The Balaban J connectivity index is 1.76. The normalized spacial score (nSPS) is 26.7. The maximum Gasteiger partial charge on any atom is 0.276 e. The Hall–Kier alpha value is -1.70. The molecular weight excluding hydrogens is 234 g/mol. The van der Waals surface area contributed by atoms with Gasteiger partial charge < -0.3 is 4.90 Å². The molecule has 2 fully saturated rings. The molecule has 4 N–H and O–H groups in total. The van der Waals surface area contributed by atoms with E-state index in [1.54, 1.807) is 17.6 Å². The number of anilines is 1. The summed E-state index contributed by atoms with van der Waals surface area (Å²) < 4.78 is 0. The summed E-state index contributed by atoms with van der Waals surface area (Å²) in [6.07, 6.45) is 2.53. The molecule has 0 aliphatic carbocycles. The number of fused-ring (bicyclic) bond motifs is 2. The highest BCUT2D eigenvalue weighted by atomic mass is 16.5. The molecule has 0 saturated carbocycles. The number of aromatic nitrogens is 1. The number of hydroxylamine groups is 1. The number of hydrazine groups is 1. The predicted molar refractivity (Wildman–Crippen MR) is 63.9 cm³/mol. The largest absolute Gasteiger partial charge is 0.351 e. The third-order valence-electron chi connectivity index (χ3n) is 3.69. The van der Waals surface area contributed by atoms with Crippen LogP contribution in [0.15, 0.2) is 18.3 Å². The molecule has 1 aromatic heterocycles. The molecule has 2 aliphatic heterocycles. The molecule has 7 nitrogen and oxygen atoms in total. The van der Waals surface area contributed by atoms with Gasteiger partial charge >= 0.3 is 0 Å². The number of nitrogens with two attached hydrogens (primary N) is 1. The van der Waals surface area contributed by atoms with Crippen molar-refractivity contribution in [3.63, 3.8) is 0 Å². The SMILES string of the molecule is NN1C[C@@H]2CC1CN2c1ccc(C(=O)NO)cn1. The van der Waals surface area contributed by atoms with Crippen LogP contribution in [0, 0.1) is 0 Å². The smallest absolute Gasteiger partial charge is 0.276 e. The van der Waals surface area contributed by atoms with Crippen LogP contribution < -0.4 is 16.2 Å². The first-order valence-corrected chi connectivity index (χ1v) is 5.87. The van der Waals surface area contributed by atoms with Gasteiger partial charge in [-0.2, -0.15) is 0 Å². The van der Waals surface area contributed by atoms with Crippen LogP contribution in [-0.4, -0.2) is 46.3 Å². The number of hydrogen-bond acceptors (Lipinski definition) is 6. The van der Waals surface area contributed by atoms with Gasteiger partial charge in [0.25, 0.3) is 5.91 Å². The lowest BCUT2D eigenvalue weighted by molar-refractivity contribution is 0.0706. The van der Waals surface area contributed by atoms with Gasteiger partial charge in [-0.1, -0.05) is 0 Å². The first-order chi connectivity index (χ1) is 8.69. The molecule has 0 aromatic carbocycles. The Labute approximate surface area is 104 Å². The van der Waals surface area contributed by atoms with Crippen LogP contribution in [0.2, 0.25) is 0 Å². The minimum atomic E-state index is -0.551. The molecule has 3 heterocycles. The number of hydrogen-bond donors (Lipinski definition) is 3. The summed E-state index contributed by atoms with van der Waals surface area (Å²) >= 11 is 0. The number of carbonyl (C=O) groups is 1. The van der Waals surface area contributed by atoms with Crippen molar-refractivity contribution in [1.29, 1.82) is 0 Å². The van der Waals surface area contributed by atoms with Crippen LogP contribution in [0.4, 0.5) is 5.82 Å². The van der Waals surface area contributed by atoms with Gasteiger partial charge in [0.2, 0.25) is 0 Å². The lowest BCUT2D eigenvalue weighted by atomic mass is 10.2. The quantitative estimate of drug-likeness (QED) is 0.366. The fourth-order valence-corrected chi connectivity index (χ4v) is 2.73. The van der Waals surface area contributed by atoms with E-state index in [1.807, 2.05) is 5.01 Å². The van der Waals surface area contributed by atoms with E-state index >= 15 is 0 Å². The van der Waals surface area contributed by atoms with Crippen molar-refractivity contribution in [3.8, 4) is 0 Å². The Morgan fingerprint density at radius 2 is 2.28 bits per heavy atom. The number of amides is 1. The topological polar surface area (TPSA) is 94.7 Å². The maximum absolute atomic E-state index is 11.2. The molecule has 0 spiro atoms. The van der Waals surface area contributed by atoms with Crippen LogP contribution in [-0.2, 0) is 0 Å². The van der Waals surface area contributed by atoms with Crippen LogP contribution in [0.3, 0.4) is 0 Å². The standard InChI is InChI=1S/C11H15N5O2/c12-16-6-8-3-9(16)5-15(8)10-2-1-7(4-13-10)11(17)14-18/h1-2,4,8-9,18H,3,5-6,12H2,(H,14,17)/t8-,9?/m0/s1. The van der Waals surface area contributed by atoms with Crippen molar-refractivity contribution in [2.24, 2.45) is 5.84 Å². The van der Waals surface area contributed by atoms with Crippen molar-refractivity contribution in [2.75, 3.05) is 18.0 Å². The summed E-state index contributed by atoms with van der Waals surface area (Å²) in [6, 6.07) is 4.26. The summed E-state index contributed by atoms with van der Waals surface area (Å²) in [4.78, 5) is 17.7. The Kier molecular flexibility index (Phi) is 2.66. The third-order valence-corrected chi connectivity index (χ3v) is 3.69. The molecule has 1 unspecified atom stereocenters. The zero-order chi connectivity index (χ0) is 12.7. The van der Waals surface area contributed by atoms with Crippen LogP contribution >= 0.6 is 0 Å². The second-order valence-corrected chi connectivity index (χ2v) is 4.74. The second kappa shape index (κ2) is 4.20. The van der Waals surface area contributed by atoms with E-state index in [2.05, 4.69) is 9.88 Å². The van der Waals surface area contributed by atoms with Crippen molar-refractivity contribution in [3.05, 3.63) is 23.9 Å². The van der Waals surface area contributed by atoms with Crippen molar-refractivity contribution in [2.45, 2.75) is 18.5 Å². The molecule has 96 valence electrons. The highest BCUT2D eigenvalue weighted by molar-refractivity contribution is 5.93. The summed E-state index contributed by atoms with van der Waals surface area (Å²) in [6.45, 7) is 1.73. The van der Waals surface area contributed by atoms with Gasteiger partial charge in [0.1, 0.15) is 5.82 Å². The van der Waals surface area contributed by atoms with Gasteiger partial charge in [-0.25, -0.2) is 15.5 Å². The minimum absolute atomic E-state index is 0.339. The van der Waals surface area contributed by atoms with Crippen molar-refractivity contribution < 1.29 is 10.0 Å². The molecular formula is C11H15N5O2. The van der Waals surface area contributed by atoms with Crippen molar-refractivity contribution >= 4 is 11.7 Å². The molecule has 2 bridgehead atoms. The maximum atomic E-state index is 11.2. The zero-order valence-electron chi connectivity index (χ0n) is 9.78. The molecule has 2 aliphatic rings. The van der Waals surface area contributed by atoms with Gasteiger partial charge in [0.15, 0.2) is 0 Å². The average Bonchev–Trinajstić information content (AvgIpc) is 2.97. The zero-order valence-corrected chi connectivity index (χ0v) is 9.78. The highest BCUT2D eigenvalue weighted by Gasteiger charge is 2.42. The predicted octanol–water partition coefficient (Wildman–Crippen LogP) is -0.663. The van der Waals surface area contributed by atoms with Gasteiger partial charge in [-0.3, -0.25) is 15.8 Å². The van der Waals surface area contributed by atoms with Gasteiger partial charge in [0, 0.05) is 31.4 Å². The Morgan fingerprint density at radius 3 is 2.78 bits per heavy atom. The summed E-state index contributed by atoms with van der Waals surface area (Å²) in [5.41, 5.74) is 1.93. The van der Waals surface area contributed by atoms with E-state index in [0.717, 1.165) is 25.3 Å². The summed E-state index contributed by atoms with van der Waals surface area (Å²) in [5.74, 6) is 6.15. The Morgan fingerprint density at radius 1 is 1.44 bits per heavy atom. The Bertz CT molecular complexity index is 461. The fraction of sp³-hybridized carbons (Fsp3) is 0.455. The molecule has 18 heavy (non-hydrogen) atoms. The van der Waals surface area contributed by atoms with E-state index in [4.69, 9.17) is 11.0 Å². The number of piperazine rings is 1. The molecule has 1 aromatic rings. The molecule has 3 rings (SSSR count). The first kappa shape index (κ1) is 11.4. The lowest BCUT2D eigenvalue weighted by Gasteiger charge is -2.32. The van der Waals surface area contributed by atoms with Gasteiger partial charge in [-0.05, 0) is 18.6 Å². The van der Waals surface area contributed by atoms with E-state index in [1.165, 1.54) is 6.20 Å². The van der Waals surface area contributed by atoms with E-state index < -0.39 is 5.91 Å². The first-order valence-electron chi connectivity index (χ1n) is 5.87. The highest BCUT2D eigenvalue weighted by Crippen LogP contribution is 2.31. The van der Waals surface area contributed by atoms with Crippen LogP contribution in [0.25, 0.3) is 0 Å². The summed E-state index contributed by atoms with van der Waals surface area (Å²) in [7, 11) is 0. The fourth-order valence-electron chi connectivity index (χ4n) is 2.73. The van der Waals surface area contributed by atoms with Gasteiger partial charge in [0.05, 0.1) is 5.56 Å². The van der Waals surface area contributed by atoms with E-state index in [9.17, 15) is 4.79 Å². The third kappa shape index (κ3) is 1.72. The molecule has 7 heteroatoms. The van der Waals surface area contributed by atoms with E-state index in [0.29, 0.717) is 17.6 Å². The number of carbonyl (C=O) groups excluding carboxylic acids is 1. The average molecular weight is 249 g/mol. The lowest BCUT2D eigenvalue weighted by Crippen LogP contribution is -2.49.